The Kier molecular flexibility index (Phi) is 3.83. The van der Waals surface area contributed by atoms with Gasteiger partial charge in [0.2, 0.25) is 5.91 Å². The van der Waals surface area contributed by atoms with E-state index in [2.05, 4.69) is 36.5 Å². The molecule has 102 valence electrons. The zero-order valence-electron chi connectivity index (χ0n) is 11.4. The number of rotatable bonds is 4. The summed E-state index contributed by atoms with van der Waals surface area (Å²) < 4.78 is 0. The zero-order chi connectivity index (χ0) is 13.2. The maximum atomic E-state index is 12.0. The minimum Gasteiger partial charge on any atom is -0.352 e. The molecular formula is C16H21NOS. The number of thioether (sulfide) groups is 1. The summed E-state index contributed by atoms with van der Waals surface area (Å²) in [6.45, 7) is 2.08. The van der Waals surface area contributed by atoms with Crippen LogP contribution in [0.3, 0.4) is 0 Å². The molecule has 3 atom stereocenters. The van der Waals surface area contributed by atoms with Gasteiger partial charge in [0.15, 0.2) is 0 Å². The van der Waals surface area contributed by atoms with E-state index in [4.69, 9.17) is 0 Å². The smallest absolute Gasteiger partial charge is 0.230 e. The first-order valence-corrected chi connectivity index (χ1v) is 8.18. The van der Waals surface area contributed by atoms with Gasteiger partial charge in [-0.05, 0) is 50.2 Å². The second-order valence-corrected chi connectivity index (χ2v) is 7.00. The van der Waals surface area contributed by atoms with Crippen molar-refractivity contribution in [3.8, 4) is 0 Å². The second kappa shape index (κ2) is 5.58. The Balaban J connectivity index is 1.45. The van der Waals surface area contributed by atoms with Crippen LogP contribution in [-0.2, 0) is 4.79 Å². The Morgan fingerprint density at radius 3 is 2.68 bits per heavy atom. The van der Waals surface area contributed by atoms with E-state index in [-0.39, 0.29) is 5.91 Å². The molecule has 19 heavy (non-hydrogen) atoms. The maximum absolute atomic E-state index is 12.0. The SMILES string of the molecule is Cc1ccc(SCC(=O)N[C@H]2C[C@@H]3CC[C@@H]2C3)cc1. The van der Waals surface area contributed by atoms with Crippen LogP contribution in [0.4, 0.5) is 0 Å². The molecule has 2 aliphatic rings. The summed E-state index contributed by atoms with van der Waals surface area (Å²) in [4.78, 5) is 13.2. The van der Waals surface area contributed by atoms with Crippen LogP contribution in [0.2, 0.25) is 0 Å². The lowest BCUT2D eigenvalue weighted by molar-refractivity contribution is -0.119. The molecule has 0 heterocycles. The average Bonchev–Trinajstić information content (AvgIpc) is 3.00. The molecule has 0 radical (unpaired) electrons. The van der Waals surface area contributed by atoms with E-state index in [1.807, 2.05) is 0 Å². The van der Waals surface area contributed by atoms with Crippen molar-refractivity contribution in [1.29, 1.82) is 0 Å². The molecule has 1 aromatic carbocycles. The first kappa shape index (κ1) is 13.0. The van der Waals surface area contributed by atoms with Crippen molar-refractivity contribution in [3.05, 3.63) is 29.8 Å². The molecule has 1 amide bonds. The minimum absolute atomic E-state index is 0.197. The van der Waals surface area contributed by atoms with Crippen molar-refractivity contribution >= 4 is 17.7 Å². The van der Waals surface area contributed by atoms with Crippen LogP contribution in [0, 0.1) is 18.8 Å². The van der Waals surface area contributed by atoms with Gasteiger partial charge in [-0.15, -0.1) is 11.8 Å². The number of fused-ring (bicyclic) bond motifs is 2. The lowest BCUT2D eigenvalue weighted by Crippen LogP contribution is -2.39. The zero-order valence-corrected chi connectivity index (χ0v) is 12.2. The summed E-state index contributed by atoms with van der Waals surface area (Å²) >= 11 is 1.63. The van der Waals surface area contributed by atoms with Gasteiger partial charge in [0.1, 0.15) is 0 Å². The fraction of sp³-hybridized carbons (Fsp3) is 0.562. The van der Waals surface area contributed by atoms with Crippen LogP contribution in [0.15, 0.2) is 29.2 Å². The molecule has 0 spiro atoms. The maximum Gasteiger partial charge on any atom is 0.230 e. The predicted molar refractivity (Wildman–Crippen MR) is 79.3 cm³/mol. The summed E-state index contributed by atoms with van der Waals surface area (Å²) in [5.74, 6) is 2.39. The highest BCUT2D eigenvalue weighted by Gasteiger charge is 2.39. The van der Waals surface area contributed by atoms with Crippen LogP contribution < -0.4 is 5.32 Å². The lowest BCUT2D eigenvalue weighted by Gasteiger charge is -2.22. The van der Waals surface area contributed by atoms with Crippen molar-refractivity contribution in [3.63, 3.8) is 0 Å². The number of nitrogens with one attached hydrogen (secondary N) is 1. The molecule has 3 rings (SSSR count). The van der Waals surface area contributed by atoms with Gasteiger partial charge in [-0.25, -0.2) is 0 Å². The van der Waals surface area contributed by atoms with Gasteiger partial charge in [0, 0.05) is 10.9 Å². The lowest BCUT2D eigenvalue weighted by atomic mass is 9.95. The van der Waals surface area contributed by atoms with E-state index in [1.165, 1.54) is 36.1 Å². The monoisotopic (exact) mass is 275 g/mol. The van der Waals surface area contributed by atoms with Gasteiger partial charge >= 0.3 is 0 Å². The summed E-state index contributed by atoms with van der Waals surface area (Å²) in [7, 11) is 0. The highest BCUT2D eigenvalue weighted by atomic mass is 32.2. The van der Waals surface area contributed by atoms with Gasteiger partial charge in [-0.2, -0.15) is 0 Å². The van der Waals surface area contributed by atoms with Gasteiger partial charge in [-0.1, -0.05) is 24.1 Å². The Labute approximate surface area is 119 Å². The van der Waals surface area contributed by atoms with Gasteiger partial charge in [-0.3, -0.25) is 4.79 Å². The highest BCUT2D eigenvalue weighted by Crippen LogP contribution is 2.44. The fourth-order valence-electron chi connectivity index (χ4n) is 3.45. The standard InChI is InChI=1S/C16H21NOS/c1-11-2-6-14(7-3-11)19-10-16(18)17-15-9-12-4-5-13(15)8-12/h2-3,6-7,12-13,15H,4-5,8-10H2,1H3,(H,17,18)/t12-,13-,15+/m1/s1. The number of hydrogen-bond donors (Lipinski definition) is 1. The summed E-state index contributed by atoms with van der Waals surface area (Å²) in [6, 6.07) is 8.83. The third-order valence-electron chi connectivity index (χ3n) is 4.48. The number of carbonyl (C=O) groups excluding carboxylic acids is 1. The van der Waals surface area contributed by atoms with Crippen molar-refractivity contribution in [1.82, 2.24) is 5.32 Å². The largest absolute Gasteiger partial charge is 0.352 e. The minimum atomic E-state index is 0.197. The van der Waals surface area contributed by atoms with Gasteiger partial charge in [0.25, 0.3) is 0 Å². The molecule has 2 fully saturated rings. The van der Waals surface area contributed by atoms with E-state index in [0.29, 0.717) is 11.8 Å². The van der Waals surface area contributed by atoms with Crippen LogP contribution >= 0.6 is 11.8 Å². The third-order valence-corrected chi connectivity index (χ3v) is 5.49. The number of aryl methyl sites for hydroxylation is 1. The molecule has 2 aliphatic carbocycles. The molecule has 2 bridgehead atoms. The third kappa shape index (κ3) is 3.14. The van der Waals surface area contributed by atoms with Crippen LogP contribution in [0.1, 0.15) is 31.2 Å². The number of carbonyl (C=O) groups is 1. The van der Waals surface area contributed by atoms with Gasteiger partial charge in [0.05, 0.1) is 5.75 Å². The number of amides is 1. The molecule has 1 aromatic rings. The first-order chi connectivity index (χ1) is 9.20. The van der Waals surface area contributed by atoms with Crippen molar-refractivity contribution in [2.24, 2.45) is 11.8 Å². The molecule has 0 unspecified atom stereocenters. The van der Waals surface area contributed by atoms with E-state index >= 15 is 0 Å². The molecule has 0 aromatic heterocycles. The number of benzene rings is 1. The Morgan fingerprint density at radius 1 is 1.26 bits per heavy atom. The Hall–Kier alpha value is -0.960. The van der Waals surface area contributed by atoms with Crippen LogP contribution in [0.5, 0.6) is 0 Å². The van der Waals surface area contributed by atoms with Gasteiger partial charge < -0.3 is 5.32 Å². The molecule has 0 aliphatic heterocycles. The number of hydrogen-bond acceptors (Lipinski definition) is 2. The molecule has 3 heteroatoms. The summed E-state index contributed by atoms with van der Waals surface area (Å²) in [6.07, 6.45) is 5.26. The molecule has 1 N–H and O–H groups in total. The van der Waals surface area contributed by atoms with Crippen molar-refractivity contribution < 1.29 is 4.79 Å². The molecule has 2 nitrogen and oxygen atoms in total. The molecular weight excluding hydrogens is 254 g/mol. The predicted octanol–water partition coefficient (Wildman–Crippen LogP) is 3.39. The van der Waals surface area contributed by atoms with E-state index in [9.17, 15) is 4.79 Å². The average molecular weight is 275 g/mol. The van der Waals surface area contributed by atoms with E-state index in [0.717, 1.165) is 11.8 Å². The second-order valence-electron chi connectivity index (χ2n) is 5.95. The molecule has 2 saturated carbocycles. The Bertz CT molecular complexity index is 456. The first-order valence-electron chi connectivity index (χ1n) is 7.19. The topological polar surface area (TPSA) is 29.1 Å². The fourth-order valence-corrected chi connectivity index (χ4v) is 4.16. The summed E-state index contributed by atoms with van der Waals surface area (Å²) in [5, 5.41) is 3.23. The van der Waals surface area contributed by atoms with Crippen LogP contribution in [0.25, 0.3) is 0 Å². The van der Waals surface area contributed by atoms with Crippen molar-refractivity contribution in [2.45, 2.75) is 43.5 Å². The quantitative estimate of drug-likeness (QED) is 0.853. The highest BCUT2D eigenvalue weighted by molar-refractivity contribution is 8.00. The van der Waals surface area contributed by atoms with Crippen molar-refractivity contribution in [2.75, 3.05) is 5.75 Å². The molecule has 0 saturated heterocycles. The normalized spacial score (nSPS) is 28.6. The summed E-state index contributed by atoms with van der Waals surface area (Å²) in [5.41, 5.74) is 1.26. The van der Waals surface area contributed by atoms with E-state index in [1.54, 1.807) is 11.8 Å². The Morgan fingerprint density at radius 2 is 2.05 bits per heavy atom. The van der Waals surface area contributed by atoms with Crippen LogP contribution in [-0.4, -0.2) is 17.7 Å². The van der Waals surface area contributed by atoms with E-state index < -0.39 is 0 Å².